The number of ether oxygens (including phenoxy) is 1. The van der Waals surface area contributed by atoms with Crippen LogP contribution in [0.3, 0.4) is 0 Å². The number of rotatable bonds is 16. The van der Waals surface area contributed by atoms with Crippen molar-refractivity contribution in [2.75, 3.05) is 54.1 Å². The molecule has 9 heteroatoms. The van der Waals surface area contributed by atoms with E-state index in [0.29, 0.717) is 17.6 Å². The topological polar surface area (TPSA) is 94.5 Å². The predicted octanol–water partition coefficient (Wildman–Crippen LogP) is 2.67. The number of hydrogen-bond acceptors (Lipinski definition) is 6. The van der Waals surface area contributed by atoms with Crippen molar-refractivity contribution < 1.29 is 37.9 Å². The molecule has 0 radical (unpaired) electrons. The molecule has 0 aliphatic rings. The number of quaternary nitrogens is 1. The summed E-state index contributed by atoms with van der Waals surface area (Å²) in [4.78, 5) is 13.8. The molecule has 8 nitrogen and oxygen atoms in total. The second-order valence-electron chi connectivity index (χ2n) is 6.83. The minimum absolute atomic E-state index is 0.0865. The number of nitrogens with zero attached hydrogens (tertiary/aromatic N) is 1. The van der Waals surface area contributed by atoms with Crippen LogP contribution in [0.25, 0.3) is 0 Å². The lowest BCUT2D eigenvalue weighted by molar-refractivity contribution is -0.870. The van der Waals surface area contributed by atoms with Crippen molar-refractivity contribution >= 4 is 7.82 Å². The molecule has 0 saturated carbocycles. The maximum Gasteiger partial charge on any atom is 0.472 e. The van der Waals surface area contributed by atoms with Gasteiger partial charge in [0.05, 0.1) is 34.4 Å². The molecule has 0 amide bonds. The van der Waals surface area contributed by atoms with Crippen LogP contribution in [0.2, 0.25) is 0 Å². The molecule has 0 rings (SSSR count). The highest BCUT2D eigenvalue weighted by atomic mass is 31.2. The lowest BCUT2D eigenvalue weighted by Gasteiger charge is -2.24. The molecule has 0 aliphatic heterocycles. The Kier molecular flexibility index (Phi) is 13.2. The first-order valence-corrected chi connectivity index (χ1v) is 10.00. The van der Waals surface area contributed by atoms with Crippen LogP contribution in [0.1, 0.15) is 39.0 Å². The zero-order valence-electron chi connectivity index (χ0n) is 15.5. The van der Waals surface area contributed by atoms with Crippen LogP contribution in [0, 0.1) is 0 Å². The van der Waals surface area contributed by atoms with Crippen molar-refractivity contribution in [1.82, 2.24) is 0 Å². The smallest absolute Gasteiger partial charge is 0.379 e. The van der Waals surface area contributed by atoms with Crippen molar-refractivity contribution in [1.29, 1.82) is 0 Å². The van der Waals surface area contributed by atoms with Crippen LogP contribution < -0.4 is 0 Å². The first kappa shape index (κ1) is 23.9. The summed E-state index contributed by atoms with van der Waals surface area (Å²) in [6.45, 7) is 3.17. The maximum atomic E-state index is 11.7. The molecule has 0 aliphatic carbocycles. The summed E-state index contributed by atoms with van der Waals surface area (Å²) >= 11 is 0. The second-order valence-corrected chi connectivity index (χ2v) is 8.28. The minimum atomic E-state index is -4.16. The van der Waals surface area contributed by atoms with Crippen LogP contribution >= 0.6 is 7.82 Å². The van der Waals surface area contributed by atoms with Gasteiger partial charge in [-0.15, -0.1) is 0 Å². The minimum Gasteiger partial charge on any atom is -0.379 e. The molecule has 0 heterocycles. The van der Waals surface area contributed by atoms with Gasteiger partial charge in [-0.25, -0.2) is 9.45 Å². The van der Waals surface area contributed by atoms with Gasteiger partial charge in [0.15, 0.2) is 0 Å². The highest BCUT2D eigenvalue weighted by Gasteiger charge is 2.25. The van der Waals surface area contributed by atoms with E-state index < -0.39 is 13.9 Å². The molecule has 0 bridgehead atoms. The van der Waals surface area contributed by atoms with Crippen LogP contribution in [0.15, 0.2) is 0 Å². The maximum absolute atomic E-state index is 11.7. The van der Waals surface area contributed by atoms with E-state index >= 15 is 0 Å². The normalized spacial score (nSPS) is 16.1. The number of hydrogen-bond donors (Lipinski definition) is 2. The third kappa shape index (κ3) is 15.5. The van der Waals surface area contributed by atoms with Gasteiger partial charge in [-0.1, -0.05) is 32.6 Å². The Bertz CT molecular complexity index is 349. The van der Waals surface area contributed by atoms with E-state index in [-0.39, 0.29) is 19.8 Å². The standard InChI is InChI=1S/C15H34NO7P/c1-5-6-7-8-9-11-20-13-15(23-17)14-22-24(18,19)21-12-10-16(2,3)4/h15H,5-14H2,1-4H3,(H-,17,18,19)/p+1/t15-/m1/s1. The third-order valence-electron chi connectivity index (χ3n) is 3.29. The van der Waals surface area contributed by atoms with Crippen molar-refractivity contribution in [3.8, 4) is 0 Å². The van der Waals surface area contributed by atoms with Crippen LogP contribution in [0.4, 0.5) is 0 Å². The molecule has 0 aromatic heterocycles. The molecular weight excluding hydrogens is 337 g/mol. The van der Waals surface area contributed by atoms with Gasteiger partial charge in [0.2, 0.25) is 0 Å². The van der Waals surface area contributed by atoms with E-state index in [1.165, 1.54) is 19.3 Å². The van der Waals surface area contributed by atoms with E-state index in [2.05, 4.69) is 11.8 Å². The number of phosphoric acid groups is 1. The summed E-state index contributed by atoms with van der Waals surface area (Å²) in [7, 11) is 1.68. The summed E-state index contributed by atoms with van der Waals surface area (Å²) in [5.74, 6) is 0. The summed E-state index contributed by atoms with van der Waals surface area (Å²) in [6, 6.07) is 0. The Morgan fingerprint density at radius 2 is 1.67 bits per heavy atom. The lowest BCUT2D eigenvalue weighted by atomic mass is 10.2. The first-order chi connectivity index (χ1) is 11.2. The van der Waals surface area contributed by atoms with E-state index in [1.54, 1.807) is 0 Å². The first-order valence-electron chi connectivity index (χ1n) is 8.50. The number of likely N-dealkylation sites (N-methyl/N-ethyl adjacent to an activating group) is 1. The van der Waals surface area contributed by atoms with Gasteiger partial charge in [-0.05, 0) is 6.42 Å². The van der Waals surface area contributed by atoms with E-state index in [4.69, 9.17) is 19.0 Å². The van der Waals surface area contributed by atoms with E-state index in [0.717, 1.165) is 12.8 Å². The zero-order chi connectivity index (χ0) is 18.5. The molecular formula is C15H35NO7P+. The summed E-state index contributed by atoms with van der Waals surface area (Å²) in [5.41, 5.74) is 0. The van der Waals surface area contributed by atoms with Crippen LogP contribution in [-0.2, 0) is 23.2 Å². The summed E-state index contributed by atoms with van der Waals surface area (Å²) in [5, 5.41) is 8.80. The predicted molar refractivity (Wildman–Crippen MR) is 91.7 cm³/mol. The largest absolute Gasteiger partial charge is 0.472 e. The molecule has 0 aromatic rings. The molecule has 24 heavy (non-hydrogen) atoms. The van der Waals surface area contributed by atoms with Gasteiger partial charge < -0.3 is 14.1 Å². The molecule has 0 fully saturated rings. The van der Waals surface area contributed by atoms with Crippen LogP contribution in [0.5, 0.6) is 0 Å². The molecule has 0 aromatic carbocycles. The van der Waals surface area contributed by atoms with Crippen molar-refractivity contribution in [3.05, 3.63) is 0 Å². The Morgan fingerprint density at radius 3 is 2.25 bits per heavy atom. The number of phosphoric ester groups is 1. The fourth-order valence-electron chi connectivity index (χ4n) is 1.78. The Hall–Kier alpha value is -0.0500. The SMILES string of the molecule is CCCCCCCOC[C@H](COP(=O)(O)OCC[N+](C)(C)C)OO. The monoisotopic (exact) mass is 372 g/mol. The summed E-state index contributed by atoms with van der Waals surface area (Å²) in [6.07, 6.45) is 4.80. The summed E-state index contributed by atoms with van der Waals surface area (Å²) < 4.78 is 27.4. The van der Waals surface area contributed by atoms with Gasteiger partial charge in [0, 0.05) is 6.61 Å². The van der Waals surface area contributed by atoms with Crippen molar-refractivity contribution in [2.24, 2.45) is 0 Å². The highest BCUT2D eigenvalue weighted by molar-refractivity contribution is 7.47. The number of unbranched alkanes of at least 4 members (excludes halogenated alkanes) is 4. The molecule has 0 spiro atoms. The third-order valence-corrected chi connectivity index (χ3v) is 4.27. The van der Waals surface area contributed by atoms with E-state index in [1.807, 2.05) is 21.1 Å². The molecule has 2 N–H and O–H groups in total. The van der Waals surface area contributed by atoms with Crippen LogP contribution in [-0.4, -0.2) is 74.9 Å². The van der Waals surface area contributed by atoms with Gasteiger partial charge in [-0.3, -0.25) is 14.3 Å². The molecule has 146 valence electrons. The quantitative estimate of drug-likeness (QED) is 0.141. The van der Waals surface area contributed by atoms with Crippen molar-refractivity contribution in [2.45, 2.75) is 45.1 Å². The van der Waals surface area contributed by atoms with Gasteiger partial charge in [0.25, 0.3) is 0 Å². The Balaban J connectivity index is 3.84. The Morgan fingerprint density at radius 1 is 1.00 bits per heavy atom. The zero-order valence-corrected chi connectivity index (χ0v) is 16.4. The van der Waals surface area contributed by atoms with E-state index in [9.17, 15) is 9.46 Å². The highest BCUT2D eigenvalue weighted by Crippen LogP contribution is 2.43. The molecule has 2 atom stereocenters. The fraction of sp³-hybridized carbons (Fsp3) is 1.00. The molecule has 1 unspecified atom stereocenters. The van der Waals surface area contributed by atoms with Crippen molar-refractivity contribution in [3.63, 3.8) is 0 Å². The van der Waals surface area contributed by atoms with Gasteiger partial charge in [0.1, 0.15) is 19.3 Å². The second kappa shape index (κ2) is 13.2. The van der Waals surface area contributed by atoms with Gasteiger partial charge >= 0.3 is 7.82 Å². The fourth-order valence-corrected chi connectivity index (χ4v) is 2.52. The lowest BCUT2D eigenvalue weighted by Crippen LogP contribution is -2.37. The average Bonchev–Trinajstić information content (AvgIpc) is 2.47. The Labute approximate surface area is 145 Å². The molecule has 0 saturated heterocycles. The average molecular weight is 372 g/mol. The van der Waals surface area contributed by atoms with Gasteiger partial charge in [-0.2, -0.15) is 0 Å².